The van der Waals surface area contributed by atoms with Crippen molar-refractivity contribution >= 4 is 27.5 Å². The standard InChI is InChI=1S/C20H23BrN2O3/c1-25-17-10-12-23(13-11-17)14-20(24)22-16-4-8-19(9-5-16)26-18-6-2-15(21)3-7-18/h2-9,17H,10-14H2,1H3,(H,22,24). The minimum Gasteiger partial charge on any atom is -0.457 e. The normalized spacial score (nSPS) is 15.6. The Morgan fingerprint density at radius 3 is 2.23 bits per heavy atom. The maximum atomic E-state index is 12.2. The first kappa shape index (κ1) is 18.9. The molecule has 26 heavy (non-hydrogen) atoms. The molecule has 0 atom stereocenters. The lowest BCUT2D eigenvalue weighted by Crippen LogP contribution is -2.41. The van der Waals surface area contributed by atoms with Gasteiger partial charge in [-0.15, -0.1) is 0 Å². The van der Waals surface area contributed by atoms with Crippen LogP contribution in [0.25, 0.3) is 0 Å². The number of hydrogen-bond donors (Lipinski definition) is 1. The summed E-state index contributed by atoms with van der Waals surface area (Å²) in [6.07, 6.45) is 2.28. The number of carbonyl (C=O) groups excluding carboxylic acids is 1. The molecule has 0 unspecified atom stereocenters. The van der Waals surface area contributed by atoms with Crippen LogP contribution in [-0.4, -0.2) is 43.7 Å². The van der Waals surface area contributed by atoms with E-state index in [1.54, 1.807) is 7.11 Å². The largest absolute Gasteiger partial charge is 0.457 e. The fourth-order valence-electron chi connectivity index (χ4n) is 2.95. The van der Waals surface area contributed by atoms with E-state index >= 15 is 0 Å². The monoisotopic (exact) mass is 418 g/mol. The molecule has 0 radical (unpaired) electrons. The summed E-state index contributed by atoms with van der Waals surface area (Å²) in [6.45, 7) is 2.20. The van der Waals surface area contributed by atoms with Crippen molar-refractivity contribution < 1.29 is 14.3 Å². The summed E-state index contributed by atoms with van der Waals surface area (Å²) < 4.78 is 12.1. The number of rotatable bonds is 6. The molecule has 1 fully saturated rings. The van der Waals surface area contributed by atoms with Crippen molar-refractivity contribution in [1.82, 2.24) is 4.90 Å². The van der Waals surface area contributed by atoms with Gasteiger partial charge in [0.1, 0.15) is 11.5 Å². The van der Waals surface area contributed by atoms with E-state index in [0.717, 1.165) is 47.6 Å². The Labute approximate surface area is 162 Å². The van der Waals surface area contributed by atoms with Gasteiger partial charge in [-0.05, 0) is 61.4 Å². The summed E-state index contributed by atoms with van der Waals surface area (Å²) in [4.78, 5) is 14.4. The van der Waals surface area contributed by atoms with Crippen molar-refractivity contribution in [2.24, 2.45) is 0 Å². The Morgan fingerprint density at radius 1 is 1.08 bits per heavy atom. The molecule has 0 aliphatic carbocycles. The molecular weight excluding hydrogens is 396 g/mol. The van der Waals surface area contributed by atoms with Crippen molar-refractivity contribution in [2.75, 3.05) is 32.1 Å². The molecule has 0 bridgehead atoms. The van der Waals surface area contributed by atoms with Crippen LogP contribution in [-0.2, 0) is 9.53 Å². The third kappa shape index (κ3) is 5.56. The summed E-state index contributed by atoms with van der Waals surface area (Å²) in [5.41, 5.74) is 0.768. The van der Waals surface area contributed by atoms with Gasteiger partial charge in [0.05, 0.1) is 12.6 Å². The number of piperidine rings is 1. The Morgan fingerprint density at radius 2 is 1.65 bits per heavy atom. The molecule has 0 saturated carbocycles. The Kier molecular flexibility index (Phi) is 6.66. The Bertz CT molecular complexity index is 711. The van der Waals surface area contributed by atoms with Crippen LogP contribution in [0, 0.1) is 0 Å². The van der Waals surface area contributed by atoms with Crippen LogP contribution >= 0.6 is 15.9 Å². The van der Waals surface area contributed by atoms with Crippen LogP contribution in [0.3, 0.4) is 0 Å². The van der Waals surface area contributed by atoms with Gasteiger partial charge in [0.25, 0.3) is 0 Å². The molecule has 0 spiro atoms. The number of methoxy groups -OCH3 is 1. The van der Waals surface area contributed by atoms with Gasteiger partial charge in [-0.3, -0.25) is 9.69 Å². The molecule has 1 aliphatic rings. The van der Waals surface area contributed by atoms with E-state index in [1.807, 2.05) is 48.5 Å². The average molecular weight is 419 g/mol. The third-order valence-electron chi connectivity index (χ3n) is 4.42. The zero-order valence-electron chi connectivity index (χ0n) is 14.8. The summed E-state index contributed by atoms with van der Waals surface area (Å²) in [5, 5.41) is 2.94. The quantitative estimate of drug-likeness (QED) is 0.759. The van der Waals surface area contributed by atoms with E-state index in [1.165, 1.54) is 0 Å². The number of halogens is 1. The lowest BCUT2D eigenvalue weighted by Gasteiger charge is -2.30. The highest BCUT2D eigenvalue weighted by Gasteiger charge is 2.20. The molecule has 1 amide bonds. The molecule has 1 heterocycles. The van der Waals surface area contributed by atoms with Gasteiger partial charge in [0.15, 0.2) is 0 Å². The lowest BCUT2D eigenvalue weighted by atomic mass is 10.1. The van der Waals surface area contributed by atoms with Crippen LogP contribution < -0.4 is 10.1 Å². The maximum Gasteiger partial charge on any atom is 0.238 e. The van der Waals surface area contributed by atoms with Crippen LogP contribution in [0.2, 0.25) is 0 Å². The van der Waals surface area contributed by atoms with Crippen molar-refractivity contribution in [1.29, 1.82) is 0 Å². The van der Waals surface area contributed by atoms with Gasteiger partial charge in [-0.2, -0.15) is 0 Å². The topological polar surface area (TPSA) is 50.8 Å². The first-order valence-electron chi connectivity index (χ1n) is 8.71. The summed E-state index contributed by atoms with van der Waals surface area (Å²) in [6, 6.07) is 15.0. The van der Waals surface area contributed by atoms with Crippen molar-refractivity contribution in [3.63, 3.8) is 0 Å². The summed E-state index contributed by atoms with van der Waals surface area (Å²) in [7, 11) is 1.75. The number of nitrogens with one attached hydrogen (secondary N) is 1. The number of hydrogen-bond acceptors (Lipinski definition) is 4. The molecular formula is C20H23BrN2O3. The predicted molar refractivity (Wildman–Crippen MR) is 106 cm³/mol. The van der Waals surface area contributed by atoms with Crippen molar-refractivity contribution in [3.05, 3.63) is 53.0 Å². The van der Waals surface area contributed by atoms with E-state index in [4.69, 9.17) is 9.47 Å². The number of anilines is 1. The molecule has 6 heteroatoms. The zero-order valence-corrected chi connectivity index (χ0v) is 16.4. The van der Waals surface area contributed by atoms with Gasteiger partial charge >= 0.3 is 0 Å². The van der Waals surface area contributed by atoms with E-state index in [-0.39, 0.29) is 5.91 Å². The number of likely N-dealkylation sites (tertiary alicyclic amines) is 1. The summed E-state index contributed by atoms with van der Waals surface area (Å²) >= 11 is 3.40. The van der Waals surface area contributed by atoms with Crippen LogP contribution in [0.4, 0.5) is 5.69 Å². The SMILES string of the molecule is COC1CCN(CC(=O)Nc2ccc(Oc3ccc(Br)cc3)cc2)CC1. The number of carbonyl (C=O) groups is 1. The van der Waals surface area contributed by atoms with E-state index in [0.29, 0.717) is 12.6 Å². The van der Waals surface area contributed by atoms with Crippen LogP contribution in [0.1, 0.15) is 12.8 Å². The third-order valence-corrected chi connectivity index (χ3v) is 4.95. The molecule has 1 saturated heterocycles. The highest BCUT2D eigenvalue weighted by atomic mass is 79.9. The maximum absolute atomic E-state index is 12.2. The van der Waals surface area contributed by atoms with E-state index in [2.05, 4.69) is 26.1 Å². The Hall–Kier alpha value is -1.89. The molecule has 1 N–H and O–H groups in total. The molecule has 2 aromatic carbocycles. The lowest BCUT2D eigenvalue weighted by molar-refractivity contribution is -0.117. The molecule has 138 valence electrons. The Balaban J connectivity index is 1.47. The number of amides is 1. The van der Waals surface area contributed by atoms with Gasteiger partial charge in [0.2, 0.25) is 5.91 Å². The second kappa shape index (κ2) is 9.16. The molecule has 2 aromatic rings. The second-order valence-corrected chi connectivity index (χ2v) is 7.26. The number of nitrogens with zero attached hydrogens (tertiary/aromatic N) is 1. The number of benzene rings is 2. The minimum absolute atomic E-state index is 0.00226. The average Bonchev–Trinajstić information content (AvgIpc) is 2.66. The van der Waals surface area contributed by atoms with E-state index in [9.17, 15) is 4.79 Å². The first-order chi connectivity index (χ1) is 12.6. The molecule has 3 rings (SSSR count). The molecule has 1 aliphatic heterocycles. The van der Waals surface area contributed by atoms with Gasteiger partial charge in [0, 0.05) is 30.4 Å². The van der Waals surface area contributed by atoms with Crippen LogP contribution in [0.5, 0.6) is 11.5 Å². The zero-order chi connectivity index (χ0) is 18.4. The van der Waals surface area contributed by atoms with E-state index < -0.39 is 0 Å². The highest BCUT2D eigenvalue weighted by molar-refractivity contribution is 9.10. The fourth-order valence-corrected chi connectivity index (χ4v) is 3.22. The fraction of sp³-hybridized carbons (Fsp3) is 0.350. The van der Waals surface area contributed by atoms with Crippen molar-refractivity contribution in [3.8, 4) is 11.5 Å². The number of ether oxygens (including phenoxy) is 2. The van der Waals surface area contributed by atoms with Crippen molar-refractivity contribution in [2.45, 2.75) is 18.9 Å². The first-order valence-corrected chi connectivity index (χ1v) is 9.50. The minimum atomic E-state index is 0.00226. The summed E-state index contributed by atoms with van der Waals surface area (Å²) in [5.74, 6) is 1.50. The predicted octanol–water partition coefficient (Wildman–Crippen LogP) is 4.29. The van der Waals surface area contributed by atoms with Gasteiger partial charge < -0.3 is 14.8 Å². The molecule has 0 aromatic heterocycles. The van der Waals surface area contributed by atoms with Crippen LogP contribution in [0.15, 0.2) is 53.0 Å². The second-order valence-electron chi connectivity index (χ2n) is 6.34. The smallest absolute Gasteiger partial charge is 0.238 e. The van der Waals surface area contributed by atoms with Gasteiger partial charge in [-0.25, -0.2) is 0 Å². The highest BCUT2D eigenvalue weighted by Crippen LogP contribution is 2.24. The van der Waals surface area contributed by atoms with Gasteiger partial charge in [-0.1, -0.05) is 15.9 Å². The molecule has 5 nitrogen and oxygen atoms in total.